The molecule has 3 rings (SSSR count). The summed E-state index contributed by atoms with van der Waals surface area (Å²) in [6.07, 6.45) is 22.9. The van der Waals surface area contributed by atoms with Crippen molar-refractivity contribution < 1.29 is 13.5 Å². The first kappa shape index (κ1) is 30.4. The van der Waals surface area contributed by atoms with E-state index in [9.17, 15) is 0 Å². The lowest BCUT2D eigenvalue weighted by Gasteiger charge is -2.42. The van der Waals surface area contributed by atoms with Crippen molar-refractivity contribution in [2.75, 3.05) is 6.61 Å². The summed E-state index contributed by atoms with van der Waals surface area (Å²) in [5.41, 5.74) is 1.06. The first-order valence-corrected chi connectivity index (χ1v) is 16.1. The molecule has 0 unspecified atom stereocenters. The molecule has 0 spiro atoms. The Morgan fingerprint density at radius 1 is 0.703 bits per heavy atom. The van der Waals surface area contributed by atoms with Gasteiger partial charge in [0.05, 0.1) is 6.61 Å². The molecule has 0 radical (unpaired) electrons. The van der Waals surface area contributed by atoms with E-state index >= 15 is 8.78 Å². The van der Waals surface area contributed by atoms with E-state index in [1.54, 1.807) is 0 Å². The van der Waals surface area contributed by atoms with Gasteiger partial charge in [0.15, 0.2) is 0 Å². The summed E-state index contributed by atoms with van der Waals surface area (Å²) in [4.78, 5) is 0. The summed E-state index contributed by atoms with van der Waals surface area (Å²) in [5.74, 6) is -1.08. The van der Waals surface area contributed by atoms with Gasteiger partial charge in [-0.2, -0.15) is 0 Å². The van der Waals surface area contributed by atoms with Gasteiger partial charge in [-0.1, -0.05) is 116 Å². The molecule has 0 saturated heterocycles. The number of alkyl halides is 2. The first-order chi connectivity index (χ1) is 18.0. The summed E-state index contributed by atoms with van der Waals surface area (Å²) in [7, 11) is 0. The Kier molecular flexibility index (Phi) is 13.8. The number of hydrogen-bond acceptors (Lipinski definition) is 1. The largest absolute Gasteiger partial charge is 0.494 e. The highest BCUT2D eigenvalue weighted by Gasteiger charge is 2.49. The molecule has 0 aliphatic heterocycles. The highest BCUT2D eigenvalue weighted by Crippen LogP contribution is 2.51. The minimum absolute atomic E-state index is 0.0211. The third kappa shape index (κ3) is 10.5. The lowest BCUT2D eigenvalue weighted by Crippen LogP contribution is -2.40. The third-order valence-electron chi connectivity index (χ3n) is 9.43. The van der Waals surface area contributed by atoms with Crippen LogP contribution in [0.3, 0.4) is 0 Å². The molecule has 2 aliphatic carbocycles. The van der Waals surface area contributed by atoms with Gasteiger partial charge in [0.2, 0.25) is 0 Å². The van der Waals surface area contributed by atoms with Crippen molar-refractivity contribution in [2.45, 2.75) is 154 Å². The van der Waals surface area contributed by atoms with E-state index in [1.807, 2.05) is 24.3 Å². The zero-order chi connectivity index (χ0) is 26.3. The van der Waals surface area contributed by atoms with Crippen molar-refractivity contribution in [3.05, 3.63) is 29.8 Å². The molecule has 2 fully saturated rings. The zero-order valence-corrected chi connectivity index (χ0v) is 24.1. The summed E-state index contributed by atoms with van der Waals surface area (Å²) in [5, 5.41) is 0. The predicted octanol–water partition coefficient (Wildman–Crippen LogP) is 11.5. The number of ether oxygens (including phenoxy) is 1. The molecule has 3 heteroatoms. The van der Waals surface area contributed by atoms with Gasteiger partial charge >= 0.3 is 0 Å². The number of halogens is 2. The van der Waals surface area contributed by atoms with E-state index in [0.717, 1.165) is 49.5 Å². The Hall–Kier alpha value is -1.12. The molecule has 0 amide bonds. The van der Waals surface area contributed by atoms with Gasteiger partial charge in [-0.05, 0) is 67.6 Å². The standard InChI is InChI=1S/C34H56F2O/c1-3-5-7-9-11-13-15-28-16-18-30(19-17-28)33-25-22-31(27-34(33,35)36)29-20-23-32(24-21-29)37-26-14-12-10-8-6-4-2/h20-21,23-24,28,30-31,33H,3-19,22,25-27H2,1-2H3/t28?,30?,31-,33+/m0/s1. The maximum Gasteiger partial charge on any atom is 0.251 e. The Morgan fingerprint density at radius 2 is 1.30 bits per heavy atom. The number of benzene rings is 1. The maximum absolute atomic E-state index is 15.4. The van der Waals surface area contributed by atoms with Gasteiger partial charge in [-0.25, -0.2) is 8.78 Å². The van der Waals surface area contributed by atoms with Crippen molar-refractivity contribution >= 4 is 0 Å². The smallest absolute Gasteiger partial charge is 0.251 e. The molecule has 2 aliphatic rings. The molecule has 0 heterocycles. The average molecular weight is 519 g/mol. The summed E-state index contributed by atoms with van der Waals surface area (Å²) >= 11 is 0. The van der Waals surface area contributed by atoms with Gasteiger partial charge in [-0.15, -0.1) is 0 Å². The van der Waals surface area contributed by atoms with Crippen molar-refractivity contribution in [2.24, 2.45) is 17.8 Å². The van der Waals surface area contributed by atoms with Crippen molar-refractivity contribution in [3.63, 3.8) is 0 Å². The second-order valence-corrected chi connectivity index (χ2v) is 12.4. The van der Waals surface area contributed by atoms with Gasteiger partial charge in [-0.3, -0.25) is 0 Å². The monoisotopic (exact) mass is 518 g/mol. The number of hydrogen-bond donors (Lipinski definition) is 0. The molecule has 1 aromatic carbocycles. The van der Waals surface area contributed by atoms with E-state index in [2.05, 4.69) is 13.8 Å². The molecule has 1 aromatic rings. The average Bonchev–Trinajstić information content (AvgIpc) is 2.90. The molecular weight excluding hydrogens is 462 g/mol. The molecule has 2 saturated carbocycles. The van der Waals surface area contributed by atoms with Crippen LogP contribution in [0.1, 0.15) is 154 Å². The Labute approximate surface area is 227 Å². The van der Waals surface area contributed by atoms with Crippen LogP contribution in [-0.4, -0.2) is 12.5 Å². The first-order valence-electron chi connectivity index (χ1n) is 16.1. The fourth-order valence-electron chi connectivity index (χ4n) is 7.04. The minimum atomic E-state index is -2.54. The predicted molar refractivity (Wildman–Crippen MR) is 154 cm³/mol. The molecule has 0 N–H and O–H groups in total. The summed E-state index contributed by atoms with van der Waals surface area (Å²) in [6.45, 7) is 5.25. The van der Waals surface area contributed by atoms with E-state index in [1.165, 1.54) is 89.9 Å². The Balaban J connectivity index is 1.36. The van der Waals surface area contributed by atoms with Crippen LogP contribution in [0.15, 0.2) is 24.3 Å². The number of rotatable bonds is 17. The molecular formula is C34H56F2O. The third-order valence-corrected chi connectivity index (χ3v) is 9.43. The topological polar surface area (TPSA) is 9.23 Å². The van der Waals surface area contributed by atoms with Crippen LogP contribution in [-0.2, 0) is 0 Å². The lowest BCUT2D eigenvalue weighted by atomic mass is 9.66. The molecule has 0 aromatic heterocycles. The van der Waals surface area contributed by atoms with Crippen molar-refractivity contribution in [1.29, 1.82) is 0 Å². The van der Waals surface area contributed by atoms with E-state index in [0.29, 0.717) is 6.42 Å². The van der Waals surface area contributed by atoms with Gasteiger partial charge in [0.1, 0.15) is 5.75 Å². The summed E-state index contributed by atoms with van der Waals surface area (Å²) < 4.78 is 36.7. The van der Waals surface area contributed by atoms with Crippen LogP contribution in [0.2, 0.25) is 0 Å². The molecule has 1 nitrogen and oxygen atoms in total. The normalized spacial score (nSPS) is 25.7. The fraction of sp³-hybridized carbons (Fsp3) is 0.824. The van der Waals surface area contributed by atoms with Gasteiger partial charge in [0.25, 0.3) is 5.92 Å². The van der Waals surface area contributed by atoms with Crippen LogP contribution in [0.25, 0.3) is 0 Å². The minimum Gasteiger partial charge on any atom is -0.494 e. The lowest BCUT2D eigenvalue weighted by molar-refractivity contribution is -0.118. The van der Waals surface area contributed by atoms with Gasteiger partial charge < -0.3 is 4.74 Å². The van der Waals surface area contributed by atoms with Crippen LogP contribution in [0, 0.1) is 17.8 Å². The Bertz CT molecular complexity index is 707. The number of unbranched alkanes of at least 4 members (excludes halogenated alkanes) is 10. The zero-order valence-electron chi connectivity index (χ0n) is 24.1. The van der Waals surface area contributed by atoms with E-state index in [4.69, 9.17) is 4.74 Å². The second-order valence-electron chi connectivity index (χ2n) is 12.4. The van der Waals surface area contributed by atoms with E-state index < -0.39 is 11.8 Å². The maximum atomic E-state index is 15.4. The second kappa shape index (κ2) is 16.8. The van der Waals surface area contributed by atoms with Crippen molar-refractivity contribution in [1.82, 2.24) is 0 Å². The van der Waals surface area contributed by atoms with Gasteiger partial charge in [0, 0.05) is 12.3 Å². The summed E-state index contributed by atoms with van der Waals surface area (Å²) in [6, 6.07) is 8.04. The quantitative estimate of drug-likeness (QED) is 0.186. The molecule has 2 atom stereocenters. The molecule has 0 bridgehead atoms. The molecule has 212 valence electrons. The van der Waals surface area contributed by atoms with Crippen LogP contribution >= 0.6 is 0 Å². The van der Waals surface area contributed by atoms with Crippen LogP contribution in [0.5, 0.6) is 5.75 Å². The fourth-order valence-corrected chi connectivity index (χ4v) is 7.04. The highest BCUT2D eigenvalue weighted by atomic mass is 19.3. The van der Waals surface area contributed by atoms with E-state index in [-0.39, 0.29) is 18.3 Å². The SMILES string of the molecule is CCCCCCCCOc1ccc([C@H]2CC[C@H](C3CCC(CCCCCCCC)CC3)C(F)(F)C2)cc1. The van der Waals surface area contributed by atoms with Crippen LogP contribution < -0.4 is 4.74 Å². The van der Waals surface area contributed by atoms with Crippen molar-refractivity contribution in [3.8, 4) is 5.75 Å². The molecule has 37 heavy (non-hydrogen) atoms. The Morgan fingerprint density at radius 3 is 1.92 bits per heavy atom. The highest BCUT2D eigenvalue weighted by molar-refractivity contribution is 5.30. The van der Waals surface area contributed by atoms with Crippen LogP contribution in [0.4, 0.5) is 8.78 Å².